The van der Waals surface area contributed by atoms with Gasteiger partial charge >= 0.3 is 0 Å². The van der Waals surface area contributed by atoms with E-state index in [1.165, 1.54) is 13.1 Å². The Morgan fingerprint density at radius 2 is 2.00 bits per heavy atom. The first-order chi connectivity index (χ1) is 9.63. The molecule has 1 heterocycles. The van der Waals surface area contributed by atoms with Crippen molar-refractivity contribution >= 4 is 27.9 Å². The molecule has 2 aromatic rings. The first kappa shape index (κ1) is 14.1. The molecule has 0 aliphatic carbocycles. The van der Waals surface area contributed by atoms with Crippen molar-refractivity contribution in [1.29, 1.82) is 5.26 Å². The maximum absolute atomic E-state index is 11.4. The predicted molar refractivity (Wildman–Crippen MR) is 79.5 cm³/mol. The summed E-state index contributed by atoms with van der Waals surface area (Å²) in [5, 5.41) is 11.3. The molecule has 0 aliphatic rings. The summed E-state index contributed by atoms with van der Waals surface area (Å²) >= 11 is 3.37. The molecule has 0 radical (unpaired) electrons. The third-order valence-electron chi connectivity index (χ3n) is 2.63. The topological polar surface area (TPSA) is 66.0 Å². The first-order valence-corrected chi connectivity index (χ1v) is 6.63. The molecule has 0 bridgehead atoms. The van der Waals surface area contributed by atoms with Crippen LogP contribution in [0.2, 0.25) is 0 Å². The van der Waals surface area contributed by atoms with Crippen molar-refractivity contribution in [3.8, 4) is 17.4 Å². The lowest BCUT2D eigenvalue weighted by atomic mass is 10.2. The van der Waals surface area contributed by atoms with E-state index in [-0.39, 0.29) is 5.57 Å². The molecule has 1 amide bonds. The number of nitrogens with one attached hydrogen (secondary N) is 1. The number of furan rings is 1. The van der Waals surface area contributed by atoms with Gasteiger partial charge < -0.3 is 9.73 Å². The number of hydrogen-bond donors (Lipinski definition) is 1. The number of carbonyl (C=O) groups is 1. The largest absolute Gasteiger partial charge is 0.457 e. The molecular weight excluding hydrogens is 320 g/mol. The van der Waals surface area contributed by atoms with Crippen molar-refractivity contribution in [2.75, 3.05) is 7.05 Å². The monoisotopic (exact) mass is 330 g/mol. The van der Waals surface area contributed by atoms with Gasteiger partial charge in [-0.25, -0.2) is 0 Å². The highest BCUT2D eigenvalue weighted by molar-refractivity contribution is 9.10. The lowest BCUT2D eigenvalue weighted by molar-refractivity contribution is -0.116. The zero-order valence-corrected chi connectivity index (χ0v) is 12.3. The summed E-state index contributed by atoms with van der Waals surface area (Å²) in [7, 11) is 1.48. The average molecular weight is 331 g/mol. The standard InChI is InChI=1S/C15H11BrN2O2/c1-18-15(19)11(9-17)8-13-6-7-14(20-13)10-2-4-12(16)5-3-10/h2-8H,1H3,(H,18,19)/b11-8+. The molecule has 0 fully saturated rings. The van der Waals surface area contributed by atoms with Crippen LogP contribution < -0.4 is 5.32 Å². The van der Waals surface area contributed by atoms with E-state index < -0.39 is 5.91 Å². The molecule has 5 heteroatoms. The van der Waals surface area contributed by atoms with Gasteiger partial charge in [-0.05, 0) is 24.3 Å². The predicted octanol–water partition coefficient (Wildman–Crippen LogP) is 3.36. The van der Waals surface area contributed by atoms with Crippen LogP contribution in [-0.2, 0) is 4.79 Å². The van der Waals surface area contributed by atoms with Gasteiger partial charge in [0.2, 0.25) is 0 Å². The van der Waals surface area contributed by atoms with Gasteiger partial charge in [0.1, 0.15) is 23.2 Å². The second-order valence-electron chi connectivity index (χ2n) is 3.96. The van der Waals surface area contributed by atoms with E-state index in [1.54, 1.807) is 12.1 Å². The number of halogens is 1. The van der Waals surface area contributed by atoms with E-state index in [0.29, 0.717) is 11.5 Å². The third-order valence-corrected chi connectivity index (χ3v) is 3.16. The number of nitrogens with zero attached hydrogens (tertiary/aromatic N) is 1. The Hall–Kier alpha value is -2.32. The molecule has 1 aromatic heterocycles. The van der Waals surface area contributed by atoms with Crippen LogP contribution in [0.15, 0.2) is 50.9 Å². The Kier molecular flexibility index (Phi) is 4.38. The number of hydrogen-bond acceptors (Lipinski definition) is 3. The van der Waals surface area contributed by atoms with Crippen LogP contribution in [0.3, 0.4) is 0 Å². The third kappa shape index (κ3) is 3.16. The lowest BCUT2D eigenvalue weighted by Gasteiger charge is -1.97. The molecular formula is C15H11BrN2O2. The van der Waals surface area contributed by atoms with Crippen molar-refractivity contribution in [1.82, 2.24) is 5.32 Å². The second-order valence-corrected chi connectivity index (χ2v) is 4.87. The van der Waals surface area contributed by atoms with Gasteiger partial charge in [-0.15, -0.1) is 0 Å². The van der Waals surface area contributed by atoms with Crippen LogP contribution in [0, 0.1) is 11.3 Å². The molecule has 0 saturated heterocycles. The van der Waals surface area contributed by atoms with E-state index in [2.05, 4.69) is 21.2 Å². The second kappa shape index (κ2) is 6.22. The van der Waals surface area contributed by atoms with Crippen LogP contribution >= 0.6 is 15.9 Å². The fourth-order valence-corrected chi connectivity index (χ4v) is 1.89. The normalized spacial score (nSPS) is 10.9. The minimum Gasteiger partial charge on any atom is -0.457 e. The van der Waals surface area contributed by atoms with Crippen molar-refractivity contribution in [3.63, 3.8) is 0 Å². The van der Waals surface area contributed by atoms with Crippen molar-refractivity contribution in [2.45, 2.75) is 0 Å². The summed E-state index contributed by atoms with van der Waals surface area (Å²) in [6.45, 7) is 0. The fourth-order valence-electron chi connectivity index (χ4n) is 1.63. The Labute approximate surface area is 124 Å². The molecule has 0 spiro atoms. The van der Waals surface area contributed by atoms with Crippen molar-refractivity contribution < 1.29 is 9.21 Å². The van der Waals surface area contributed by atoms with Crippen LogP contribution in [0.25, 0.3) is 17.4 Å². The molecule has 4 nitrogen and oxygen atoms in total. The highest BCUT2D eigenvalue weighted by atomic mass is 79.9. The average Bonchev–Trinajstić information content (AvgIpc) is 2.93. The van der Waals surface area contributed by atoms with Gasteiger partial charge in [-0.3, -0.25) is 4.79 Å². The minimum absolute atomic E-state index is 0.00389. The number of benzene rings is 1. The van der Waals surface area contributed by atoms with Gasteiger partial charge in [0.05, 0.1) is 0 Å². The molecule has 1 aromatic carbocycles. The molecule has 0 atom stereocenters. The van der Waals surface area contributed by atoms with E-state index in [1.807, 2.05) is 30.3 Å². The van der Waals surface area contributed by atoms with Crippen LogP contribution in [0.4, 0.5) is 0 Å². The highest BCUT2D eigenvalue weighted by Crippen LogP contribution is 2.24. The SMILES string of the molecule is CNC(=O)/C(C#N)=C/c1ccc(-c2ccc(Br)cc2)o1. The maximum atomic E-state index is 11.4. The molecule has 20 heavy (non-hydrogen) atoms. The highest BCUT2D eigenvalue weighted by Gasteiger charge is 2.09. The van der Waals surface area contributed by atoms with Crippen molar-refractivity contribution in [2.24, 2.45) is 0 Å². The smallest absolute Gasteiger partial charge is 0.261 e. The van der Waals surface area contributed by atoms with Gasteiger partial charge in [0, 0.05) is 23.2 Å². The minimum atomic E-state index is -0.436. The summed E-state index contributed by atoms with van der Waals surface area (Å²) in [6.07, 6.45) is 1.42. The maximum Gasteiger partial charge on any atom is 0.261 e. The van der Waals surface area contributed by atoms with Crippen LogP contribution in [0.1, 0.15) is 5.76 Å². The van der Waals surface area contributed by atoms with Crippen molar-refractivity contribution in [3.05, 3.63) is 52.2 Å². The molecule has 1 N–H and O–H groups in total. The Balaban J connectivity index is 2.29. The summed E-state index contributed by atoms with van der Waals surface area (Å²) in [4.78, 5) is 11.4. The number of nitriles is 1. The summed E-state index contributed by atoms with van der Waals surface area (Å²) in [6, 6.07) is 13.0. The van der Waals surface area contributed by atoms with Crippen LogP contribution in [0.5, 0.6) is 0 Å². The fraction of sp³-hybridized carbons (Fsp3) is 0.0667. The number of rotatable bonds is 3. The molecule has 0 aliphatic heterocycles. The zero-order valence-electron chi connectivity index (χ0n) is 10.7. The first-order valence-electron chi connectivity index (χ1n) is 5.83. The zero-order chi connectivity index (χ0) is 14.5. The van der Waals surface area contributed by atoms with E-state index >= 15 is 0 Å². The van der Waals surface area contributed by atoms with Gasteiger partial charge in [-0.2, -0.15) is 5.26 Å². The van der Waals surface area contributed by atoms with E-state index in [4.69, 9.17) is 9.68 Å². The Morgan fingerprint density at radius 1 is 1.30 bits per heavy atom. The summed E-state index contributed by atoms with van der Waals surface area (Å²) in [5.41, 5.74) is 0.926. The molecule has 100 valence electrons. The number of carbonyl (C=O) groups excluding carboxylic acids is 1. The van der Waals surface area contributed by atoms with Gasteiger partial charge in [0.25, 0.3) is 5.91 Å². The number of likely N-dealkylation sites (N-methyl/N-ethyl adjacent to an activating group) is 1. The Bertz CT molecular complexity index is 693. The molecule has 0 unspecified atom stereocenters. The number of amides is 1. The van der Waals surface area contributed by atoms with E-state index in [0.717, 1.165) is 10.0 Å². The van der Waals surface area contributed by atoms with Crippen LogP contribution in [-0.4, -0.2) is 13.0 Å². The van der Waals surface area contributed by atoms with Gasteiger partial charge in [-0.1, -0.05) is 28.1 Å². The Morgan fingerprint density at radius 3 is 2.60 bits per heavy atom. The summed E-state index contributed by atoms with van der Waals surface area (Å²) in [5.74, 6) is 0.704. The molecule has 0 saturated carbocycles. The van der Waals surface area contributed by atoms with Gasteiger partial charge in [0.15, 0.2) is 0 Å². The lowest BCUT2D eigenvalue weighted by Crippen LogP contribution is -2.18. The summed E-state index contributed by atoms with van der Waals surface area (Å²) < 4.78 is 6.60. The van der Waals surface area contributed by atoms with E-state index in [9.17, 15) is 4.79 Å². The molecule has 2 rings (SSSR count). The quantitative estimate of drug-likeness (QED) is 0.693.